The smallest absolute Gasteiger partial charge is 0.256 e. The van der Waals surface area contributed by atoms with Crippen molar-refractivity contribution in [2.24, 2.45) is 0 Å². The molecule has 114 valence electrons. The Kier molecular flexibility index (Phi) is 3.29. The standard InChI is InChI=1S/C14H9ClFNO5/c15-6-2-1-3-7(16)10(6)13-11(20)12(21)14(22-13)17-8(18)4-5-9(17)19/h1-3,20-21H,4-5H2. The van der Waals surface area contributed by atoms with Crippen LogP contribution in [-0.4, -0.2) is 22.0 Å². The van der Waals surface area contributed by atoms with Crippen molar-refractivity contribution in [3.63, 3.8) is 0 Å². The van der Waals surface area contributed by atoms with E-state index in [2.05, 4.69) is 0 Å². The molecule has 1 aliphatic heterocycles. The van der Waals surface area contributed by atoms with Crippen LogP contribution in [0.3, 0.4) is 0 Å². The number of nitrogens with zero attached hydrogens (tertiary/aromatic N) is 1. The number of carbonyl (C=O) groups is 2. The number of hydrogen-bond acceptors (Lipinski definition) is 5. The Morgan fingerprint density at radius 3 is 2.36 bits per heavy atom. The van der Waals surface area contributed by atoms with Gasteiger partial charge in [-0.15, -0.1) is 0 Å². The molecule has 0 saturated carbocycles. The van der Waals surface area contributed by atoms with Gasteiger partial charge in [0.25, 0.3) is 5.88 Å². The summed E-state index contributed by atoms with van der Waals surface area (Å²) < 4.78 is 19.1. The van der Waals surface area contributed by atoms with Gasteiger partial charge in [0.05, 0.1) is 10.6 Å². The Labute approximate surface area is 128 Å². The molecule has 0 aliphatic carbocycles. The molecular weight excluding hydrogens is 317 g/mol. The van der Waals surface area contributed by atoms with Crippen LogP contribution in [0.15, 0.2) is 22.6 Å². The lowest BCUT2D eigenvalue weighted by molar-refractivity contribution is -0.121. The van der Waals surface area contributed by atoms with Gasteiger partial charge in [0, 0.05) is 12.8 Å². The molecule has 0 spiro atoms. The number of furan rings is 1. The highest BCUT2D eigenvalue weighted by molar-refractivity contribution is 6.33. The van der Waals surface area contributed by atoms with Gasteiger partial charge in [-0.25, -0.2) is 9.29 Å². The Bertz CT molecular complexity index is 765. The second kappa shape index (κ2) is 5.03. The topological polar surface area (TPSA) is 91.0 Å². The summed E-state index contributed by atoms with van der Waals surface area (Å²) in [6.07, 6.45) is -0.0644. The Morgan fingerprint density at radius 2 is 1.77 bits per heavy atom. The van der Waals surface area contributed by atoms with Gasteiger partial charge in [-0.1, -0.05) is 17.7 Å². The molecule has 2 aromatic rings. The van der Waals surface area contributed by atoms with Gasteiger partial charge in [-0.05, 0) is 12.1 Å². The van der Waals surface area contributed by atoms with E-state index in [1.54, 1.807) is 0 Å². The number of halogens is 2. The van der Waals surface area contributed by atoms with E-state index < -0.39 is 40.8 Å². The zero-order valence-corrected chi connectivity index (χ0v) is 11.7. The largest absolute Gasteiger partial charge is 0.502 e. The summed E-state index contributed by atoms with van der Waals surface area (Å²) in [7, 11) is 0. The van der Waals surface area contributed by atoms with E-state index in [1.807, 2.05) is 0 Å². The molecule has 1 saturated heterocycles. The van der Waals surface area contributed by atoms with Gasteiger partial charge in [0.1, 0.15) is 5.82 Å². The minimum atomic E-state index is -0.821. The van der Waals surface area contributed by atoms with Gasteiger partial charge in [-0.2, -0.15) is 0 Å². The molecule has 3 rings (SSSR count). The summed E-state index contributed by atoms with van der Waals surface area (Å²) in [6, 6.07) is 3.81. The van der Waals surface area contributed by atoms with E-state index in [9.17, 15) is 24.2 Å². The average molecular weight is 326 g/mol. The van der Waals surface area contributed by atoms with Crippen molar-refractivity contribution in [1.82, 2.24) is 0 Å². The van der Waals surface area contributed by atoms with Crippen LogP contribution in [-0.2, 0) is 9.59 Å². The van der Waals surface area contributed by atoms with Gasteiger partial charge in [0.15, 0.2) is 5.76 Å². The second-order valence-electron chi connectivity index (χ2n) is 4.65. The minimum absolute atomic E-state index is 0.0322. The minimum Gasteiger partial charge on any atom is -0.502 e. The van der Waals surface area contributed by atoms with E-state index in [1.165, 1.54) is 12.1 Å². The highest BCUT2D eigenvalue weighted by Gasteiger charge is 2.37. The van der Waals surface area contributed by atoms with E-state index in [0.29, 0.717) is 4.90 Å². The van der Waals surface area contributed by atoms with E-state index >= 15 is 0 Å². The molecule has 1 aromatic carbocycles. The maximum Gasteiger partial charge on any atom is 0.256 e. The molecule has 0 atom stereocenters. The first-order valence-corrected chi connectivity index (χ1v) is 6.64. The molecule has 0 unspecified atom stereocenters. The Hall–Kier alpha value is -2.54. The Morgan fingerprint density at radius 1 is 1.14 bits per heavy atom. The van der Waals surface area contributed by atoms with Gasteiger partial charge < -0.3 is 14.6 Å². The van der Waals surface area contributed by atoms with Crippen LogP contribution in [0.2, 0.25) is 5.02 Å². The van der Waals surface area contributed by atoms with Crippen LogP contribution in [0, 0.1) is 5.82 Å². The fourth-order valence-corrected chi connectivity index (χ4v) is 2.49. The van der Waals surface area contributed by atoms with Crippen LogP contribution in [0.1, 0.15) is 12.8 Å². The van der Waals surface area contributed by atoms with Crippen LogP contribution < -0.4 is 4.90 Å². The van der Waals surface area contributed by atoms with Crippen molar-refractivity contribution >= 4 is 29.3 Å². The lowest BCUT2D eigenvalue weighted by Crippen LogP contribution is -2.28. The molecule has 2 amide bonds. The SMILES string of the molecule is O=C1CCC(=O)N1c1oc(-c2c(F)cccc2Cl)c(O)c1O. The van der Waals surface area contributed by atoms with Crippen molar-refractivity contribution in [1.29, 1.82) is 0 Å². The normalized spacial score (nSPS) is 14.9. The molecule has 6 nitrogen and oxygen atoms in total. The summed E-state index contributed by atoms with van der Waals surface area (Å²) in [4.78, 5) is 24.0. The third kappa shape index (κ3) is 2.01. The monoisotopic (exact) mass is 325 g/mol. The van der Waals surface area contributed by atoms with E-state index in [0.717, 1.165) is 6.07 Å². The molecule has 1 aromatic heterocycles. The number of benzene rings is 1. The molecule has 22 heavy (non-hydrogen) atoms. The van der Waals surface area contributed by atoms with E-state index in [4.69, 9.17) is 16.0 Å². The van der Waals surface area contributed by atoms with Gasteiger partial charge >= 0.3 is 0 Å². The molecule has 1 fully saturated rings. The van der Waals surface area contributed by atoms with Crippen molar-refractivity contribution in [3.8, 4) is 22.8 Å². The van der Waals surface area contributed by atoms with Crippen molar-refractivity contribution in [2.45, 2.75) is 12.8 Å². The summed E-state index contributed by atoms with van der Waals surface area (Å²) in [5.41, 5.74) is -0.276. The van der Waals surface area contributed by atoms with Crippen molar-refractivity contribution in [2.75, 3.05) is 4.90 Å². The number of hydrogen-bond donors (Lipinski definition) is 2. The number of aromatic hydroxyl groups is 2. The fourth-order valence-electron chi connectivity index (χ4n) is 2.24. The molecule has 8 heteroatoms. The molecular formula is C14H9ClFNO5. The van der Waals surface area contributed by atoms with Gasteiger partial charge in [-0.3, -0.25) is 9.59 Å². The molecule has 1 aliphatic rings. The number of carbonyl (C=O) groups excluding carboxylic acids is 2. The van der Waals surface area contributed by atoms with Crippen LogP contribution >= 0.6 is 11.6 Å². The number of imide groups is 1. The van der Waals surface area contributed by atoms with Crippen LogP contribution in [0.5, 0.6) is 11.5 Å². The quantitative estimate of drug-likeness (QED) is 0.828. The summed E-state index contributed by atoms with van der Waals surface area (Å²) in [5, 5.41) is 19.8. The summed E-state index contributed by atoms with van der Waals surface area (Å²) in [5.74, 6) is -4.57. The lowest BCUT2D eigenvalue weighted by atomic mass is 10.1. The third-order valence-electron chi connectivity index (χ3n) is 3.29. The number of anilines is 1. The lowest BCUT2D eigenvalue weighted by Gasteiger charge is -2.09. The third-order valence-corrected chi connectivity index (χ3v) is 3.60. The van der Waals surface area contributed by atoms with Crippen LogP contribution in [0.25, 0.3) is 11.3 Å². The number of amides is 2. The zero-order valence-electron chi connectivity index (χ0n) is 11.0. The predicted octanol–water partition coefficient (Wildman–Crippen LogP) is 2.80. The van der Waals surface area contributed by atoms with E-state index in [-0.39, 0.29) is 23.4 Å². The first-order chi connectivity index (χ1) is 10.4. The Balaban J connectivity index is 2.19. The van der Waals surface area contributed by atoms with Gasteiger partial charge in [0.2, 0.25) is 23.3 Å². The maximum absolute atomic E-state index is 13.9. The number of rotatable bonds is 2. The average Bonchev–Trinajstić information content (AvgIpc) is 2.93. The highest BCUT2D eigenvalue weighted by Crippen LogP contribution is 2.49. The fraction of sp³-hybridized carbons (Fsp3) is 0.143. The van der Waals surface area contributed by atoms with Crippen LogP contribution in [0.4, 0.5) is 10.3 Å². The second-order valence-corrected chi connectivity index (χ2v) is 5.06. The molecule has 0 bridgehead atoms. The summed E-state index contributed by atoms with van der Waals surface area (Å²) >= 11 is 5.87. The zero-order chi connectivity index (χ0) is 16.0. The summed E-state index contributed by atoms with van der Waals surface area (Å²) in [6.45, 7) is 0. The first kappa shape index (κ1) is 14.4. The first-order valence-electron chi connectivity index (χ1n) is 6.26. The molecule has 2 N–H and O–H groups in total. The molecule has 2 heterocycles. The maximum atomic E-state index is 13.9. The van der Waals surface area contributed by atoms with Crippen molar-refractivity contribution < 1.29 is 28.6 Å². The predicted molar refractivity (Wildman–Crippen MR) is 74.2 cm³/mol. The van der Waals surface area contributed by atoms with Crippen molar-refractivity contribution in [3.05, 3.63) is 29.0 Å². The molecule has 0 radical (unpaired) electrons. The highest BCUT2D eigenvalue weighted by atomic mass is 35.5.